The van der Waals surface area contributed by atoms with Crippen molar-refractivity contribution in [3.05, 3.63) is 53.6 Å². The molecule has 0 radical (unpaired) electrons. The molecule has 2 N–H and O–H groups in total. The first-order chi connectivity index (χ1) is 8.66. The summed E-state index contributed by atoms with van der Waals surface area (Å²) in [5.74, 6) is -0.415. The lowest BCUT2D eigenvalue weighted by Gasteiger charge is -2.10. The maximum atomic E-state index is 13.5. The quantitative estimate of drug-likeness (QED) is 0.683. The van der Waals surface area contributed by atoms with Crippen molar-refractivity contribution in [3.8, 4) is 11.3 Å². The number of aromatic nitrogens is 2. The van der Waals surface area contributed by atoms with Crippen LogP contribution < -0.4 is 5.73 Å². The van der Waals surface area contributed by atoms with Crippen LogP contribution in [0.3, 0.4) is 0 Å². The fourth-order valence-corrected chi connectivity index (χ4v) is 2.17. The van der Waals surface area contributed by atoms with Crippen molar-refractivity contribution in [2.45, 2.75) is 0 Å². The third kappa shape index (κ3) is 1.62. The van der Waals surface area contributed by atoms with Crippen molar-refractivity contribution in [3.63, 3.8) is 0 Å². The van der Waals surface area contributed by atoms with E-state index in [4.69, 9.17) is 17.3 Å². The molecule has 0 aliphatic heterocycles. The Labute approximate surface area is 108 Å². The minimum atomic E-state index is -0.415. The number of nitrogen functional groups attached to an aromatic ring is 1. The minimum Gasteiger partial charge on any atom is -0.397 e. The number of benzene rings is 1. The van der Waals surface area contributed by atoms with Gasteiger partial charge in [-0.15, -0.1) is 0 Å². The van der Waals surface area contributed by atoms with Gasteiger partial charge in [0.15, 0.2) is 0 Å². The number of halogens is 2. The molecule has 0 unspecified atom stereocenters. The van der Waals surface area contributed by atoms with Crippen molar-refractivity contribution in [2.24, 2.45) is 0 Å². The number of hydrogen-bond acceptors (Lipinski definition) is 2. The molecule has 0 aliphatic rings. The third-order valence-corrected chi connectivity index (χ3v) is 3.11. The second-order valence-corrected chi connectivity index (χ2v) is 4.32. The Kier molecular flexibility index (Phi) is 2.45. The monoisotopic (exact) mass is 261 g/mol. The number of imidazole rings is 1. The summed E-state index contributed by atoms with van der Waals surface area (Å²) in [4.78, 5) is 4.17. The largest absolute Gasteiger partial charge is 0.397 e. The van der Waals surface area contributed by atoms with E-state index in [-0.39, 0.29) is 5.02 Å². The molecule has 0 aliphatic carbocycles. The second kappa shape index (κ2) is 3.99. The van der Waals surface area contributed by atoms with Gasteiger partial charge in [0.05, 0.1) is 16.4 Å². The molecule has 0 spiro atoms. The maximum absolute atomic E-state index is 13.5. The van der Waals surface area contributed by atoms with E-state index in [0.29, 0.717) is 11.3 Å². The number of anilines is 1. The molecule has 0 amide bonds. The van der Waals surface area contributed by atoms with E-state index in [1.54, 1.807) is 12.4 Å². The summed E-state index contributed by atoms with van der Waals surface area (Å²) >= 11 is 5.90. The van der Waals surface area contributed by atoms with Crippen LogP contribution in [0, 0.1) is 5.82 Å². The number of hydrogen-bond donors (Lipinski definition) is 1. The number of rotatable bonds is 1. The number of pyridine rings is 1. The van der Waals surface area contributed by atoms with E-state index < -0.39 is 5.82 Å². The molecule has 90 valence electrons. The lowest BCUT2D eigenvalue weighted by Crippen LogP contribution is -1.97. The van der Waals surface area contributed by atoms with Crippen molar-refractivity contribution < 1.29 is 4.39 Å². The SMILES string of the molecule is Nc1c(Cl)cc(F)cc1-c1cccc2nccn12. The molecular weight excluding hydrogens is 253 g/mol. The average Bonchev–Trinajstić information content (AvgIpc) is 2.81. The maximum Gasteiger partial charge on any atom is 0.137 e. The Hall–Kier alpha value is -2.07. The predicted octanol–water partition coefficient (Wildman–Crippen LogP) is 3.38. The highest BCUT2D eigenvalue weighted by Gasteiger charge is 2.11. The van der Waals surface area contributed by atoms with Gasteiger partial charge in [0.2, 0.25) is 0 Å². The van der Waals surface area contributed by atoms with Gasteiger partial charge in [-0.05, 0) is 24.3 Å². The van der Waals surface area contributed by atoms with Gasteiger partial charge in [0.1, 0.15) is 11.5 Å². The summed E-state index contributed by atoms with van der Waals surface area (Å²) in [7, 11) is 0. The summed E-state index contributed by atoms with van der Waals surface area (Å²) in [6.45, 7) is 0. The van der Waals surface area contributed by atoms with E-state index in [1.807, 2.05) is 22.6 Å². The summed E-state index contributed by atoms with van der Waals surface area (Å²) in [6.07, 6.45) is 3.47. The highest BCUT2D eigenvalue weighted by Crippen LogP contribution is 2.32. The zero-order chi connectivity index (χ0) is 12.7. The Morgan fingerprint density at radius 3 is 2.94 bits per heavy atom. The predicted molar refractivity (Wildman–Crippen MR) is 70.0 cm³/mol. The normalized spacial score (nSPS) is 11.0. The third-order valence-electron chi connectivity index (χ3n) is 2.80. The molecular formula is C13H9ClFN3. The van der Waals surface area contributed by atoms with Gasteiger partial charge in [-0.2, -0.15) is 0 Å². The molecule has 0 fully saturated rings. The Balaban J connectivity index is 2.36. The van der Waals surface area contributed by atoms with Crippen LogP contribution in [0.1, 0.15) is 0 Å². The fourth-order valence-electron chi connectivity index (χ4n) is 1.96. The highest BCUT2D eigenvalue weighted by atomic mass is 35.5. The van der Waals surface area contributed by atoms with Crippen LogP contribution in [-0.2, 0) is 0 Å². The van der Waals surface area contributed by atoms with E-state index in [1.165, 1.54) is 12.1 Å². The van der Waals surface area contributed by atoms with Gasteiger partial charge in [-0.25, -0.2) is 9.37 Å². The first-order valence-electron chi connectivity index (χ1n) is 5.34. The molecule has 3 nitrogen and oxygen atoms in total. The number of nitrogens with two attached hydrogens (primary N) is 1. The van der Waals surface area contributed by atoms with Gasteiger partial charge in [-0.3, -0.25) is 4.40 Å². The summed E-state index contributed by atoms with van der Waals surface area (Å²) in [6, 6.07) is 8.12. The van der Waals surface area contributed by atoms with Crippen LogP contribution in [0.15, 0.2) is 42.7 Å². The zero-order valence-electron chi connectivity index (χ0n) is 9.27. The van der Waals surface area contributed by atoms with E-state index in [0.717, 1.165) is 11.3 Å². The van der Waals surface area contributed by atoms with Gasteiger partial charge < -0.3 is 5.73 Å². The molecule has 18 heavy (non-hydrogen) atoms. The van der Waals surface area contributed by atoms with Crippen LogP contribution in [0.5, 0.6) is 0 Å². The molecule has 0 saturated carbocycles. The van der Waals surface area contributed by atoms with Gasteiger partial charge >= 0.3 is 0 Å². The lowest BCUT2D eigenvalue weighted by molar-refractivity contribution is 0.628. The van der Waals surface area contributed by atoms with Gasteiger partial charge in [0, 0.05) is 18.0 Å². The van der Waals surface area contributed by atoms with E-state index >= 15 is 0 Å². The van der Waals surface area contributed by atoms with Crippen molar-refractivity contribution in [1.82, 2.24) is 9.38 Å². The average molecular weight is 262 g/mol. The minimum absolute atomic E-state index is 0.210. The van der Waals surface area contributed by atoms with Gasteiger partial charge in [-0.1, -0.05) is 17.7 Å². The molecule has 5 heteroatoms. The number of nitrogens with zero attached hydrogens (tertiary/aromatic N) is 2. The number of fused-ring (bicyclic) bond motifs is 1. The topological polar surface area (TPSA) is 43.3 Å². The van der Waals surface area contributed by atoms with Crippen molar-refractivity contribution in [2.75, 3.05) is 5.73 Å². The molecule has 3 rings (SSSR count). The fraction of sp³-hybridized carbons (Fsp3) is 0. The van der Waals surface area contributed by atoms with E-state index in [2.05, 4.69) is 4.98 Å². The molecule has 0 saturated heterocycles. The summed E-state index contributed by atoms with van der Waals surface area (Å²) in [5, 5.41) is 0.210. The molecule has 3 aromatic rings. The summed E-state index contributed by atoms with van der Waals surface area (Å²) < 4.78 is 15.3. The first-order valence-corrected chi connectivity index (χ1v) is 5.71. The van der Waals surface area contributed by atoms with Crippen LogP contribution in [-0.4, -0.2) is 9.38 Å². The Bertz CT molecular complexity index is 736. The molecule has 0 atom stereocenters. The second-order valence-electron chi connectivity index (χ2n) is 3.92. The van der Waals surface area contributed by atoms with Crippen LogP contribution >= 0.6 is 11.6 Å². The van der Waals surface area contributed by atoms with Crippen LogP contribution in [0.2, 0.25) is 5.02 Å². The zero-order valence-corrected chi connectivity index (χ0v) is 10.0. The first kappa shape index (κ1) is 11.0. The van der Waals surface area contributed by atoms with Crippen LogP contribution in [0.4, 0.5) is 10.1 Å². The van der Waals surface area contributed by atoms with Gasteiger partial charge in [0.25, 0.3) is 0 Å². The molecule has 2 heterocycles. The lowest BCUT2D eigenvalue weighted by atomic mass is 10.1. The van der Waals surface area contributed by atoms with Crippen LogP contribution in [0.25, 0.3) is 16.9 Å². The molecule has 1 aromatic carbocycles. The molecule has 2 aromatic heterocycles. The smallest absolute Gasteiger partial charge is 0.137 e. The molecule has 0 bridgehead atoms. The Morgan fingerprint density at radius 1 is 1.28 bits per heavy atom. The highest BCUT2D eigenvalue weighted by molar-refractivity contribution is 6.33. The van der Waals surface area contributed by atoms with E-state index in [9.17, 15) is 4.39 Å². The Morgan fingerprint density at radius 2 is 2.11 bits per heavy atom. The summed E-state index contributed by atoms with van der Waals surface area (Å²) in [5.41, 5.74) is 8.35. The standard InChI is InChI=1S/C13H9ClFN3/c14-10-7-8(15)6-9(13(10)16)11-2-1-3-12-17-4-5-18(11)12/h1-7H,16H2. The van der Waals surface area contributed by atoms with Crippen molar-refractivity contribution >= 4 is 22.9 Å². The van der Waals surface area contributed by atoms with Crippen molar-refractivity contribution in [1.29, 1.82) is 0 Å².